The molecule has 0 radical (unpaired) electrons. The summed E-state index contributed by atoms with van der Waals surface area (Å²) in [7, 11) is 1.41. The van der Waals surface area contributed by atoms with Gasteiger partial charge in [-0.1, -0.05) is 32.0 Å². The Bertz CT molecular complexity index is 284. The summed E-state index contributed by atoms with van der Waals surface area (Å²) >= 11 is 0. The monoisotopic (exact) mass is 195 g/mol. The Kier molecular flexibility index (Phi) is 6.41. The molecule has 0 saturated carbocycles. The maximum absolute atomic E-state index is 11.2. The Labute approximate surface area is 85.0 Å². The van der Waals surface area contributed by atoms with Crippen LogP contribution in [0.4, 0.5) is 0 Å². The second-order valence-electron chi connectivity index (χ2n) is 2.45. The Morgan fingerprint density at radius 1 is 1.29 bits per heavy atom. The molecule has 1 N–H and O–H groups in total. The van der Waals surface area contributed by atoms with E-state index < -0.39 is 0 Å². The average Bonchev–Trinajstić information content (AvgIpc) is 2.22. The first-order valence-electron chi connectivity index (χ1n) is 4.64. The summed E-state index contributed by atoms with van der Waals surface area (Å²) in [5.74, 6) is -0.212. The van der Waals surface area contributed by atoms with Crippen LogP contribution >= 0.6 is 0 Å². The quantitative estimate of drug-likeness (QED) is 0.735. The first-order chi connectivity index (χ1) is 6.75. The van der Waals surface area contributed by atoms with Crippen molar-refractivity contribution in [3.05, 3.63) is 35.4 Å². The van der Waals surface area contributed by atoms with Crippen LogP contribution in [0.25, 0.3) is 0 Å². The molecule has 1 rings (SSSR count). The van der Waals surface area contributed by atoms with Gasteiger partial charge in [-0.05, 0) is 18.6 Å². The van der Waals surface area contributed by atoms with Gasteiger partial charge in [-0.25, -0.2) is 5.48 Å². The topological polar surface area (TPSA) is 38.3 Å². The molecule has 0 aliphatic rings. The van der Waals surface area contributed by atoms with Crippen molar-refractivity contribution in [3.8, 4) is 0 Å². The van der Waals surface area contributed by atoms with E-state index in [0.717, 1.165) is 5.56 Å². The summed E-state index contributed by atoms with van der Waals surface area (Å²) in [6.07, 6.45) is 0. The second kappa shape index (κ2) is 7.09. The van der Waals surface area contributed by atoms with Gasteiger partial charge in [-0.2, -0.15) is 0 Å². The molecule has 3 nitrogen and oxygen atoms in total. The maximum atomic E-state index is 11.2. The highest BCUT2D eigenvalue weighted by atomic mass is 16.6. The molecule has 0 heterocycles. The molecule has 0 bridgehead atoms. The minimum Gasteiger partial charge on any atom is -0.277 e. The third kappa shape index (κ3) is 3.58. The van der Waals surface area contributed by atoms with E-state index in [-0.39, 0.29) is 5.91 Å². The van der Waals surface area contributed by atoms with Crippen LogP contribution in [-0.4, -0.2) is 13.0 Å². The highest BCUT2D eigenvalue weighted by Crippen LogP contribution is 2.05. The lowest BCUT2D eigenvalue weighted by molar-refractivity contribution is 0.0537. The molecule has 1 aromatic rings. The number of amides is 1. The van der Waals surface area contributed by atoms with Crippen LogP contribution in [0.1, 0.15) is 29.8 Å². The van der Waals surface area contributed by atoms with Gasteiger partial charge in [-0.15, -0.1) is 0 Å². The Morgan fingerprint density at radius 2 is 1.86 bits per heavy atom. The Morgan fingerprint density at radius 3 is 2.36 bits per heavy atom. The van der Waals surface area contributed by atoms with Crippen molar-refractivity contribution < 1.29 is 9.63 Å². The number of benzene rings is 1. The number of carbonyl (C=O) groups is 1. The summed E-state index contributed by atoms with van der Waals surface area (Å²) < 4.78 is 0. The minimum atomic E-state index is -0.212. The number of rotatable bonds is 2. The molecule has 1 amide bonds. The Hall–Kier alpha value is -1.35. The van der Waals surface area contributed by atoms with E-state index in [1.54, 1.807) is 6.07 Å². The number of nitrogens with one attached hydrogen (secondary N) is 1. The van der Waals surface area contributed by atoms with E-state index in [4.69, 9.17) is 0 Å². The molecule has 0 spiro atoms. The van der Waals surface area contributed by atoms with Gasteiger partial charge in [0.25, 0.3) is 5.91 Å². The summed E-state index contributed by atoms with van der Waals surface area (Å²) in [4.78, 5) is 15.7. The van der Waals surface area contributed by atoms with Gasteiger partial charge in [-0.3, -0.25) is 9.63 Å². The van der Waals surface area contributed by atoms with E-state index in [0.29, 0.717) is 5.56 Å². The van der Waals surface area contributed by atoms with Gasteiger partial charge in [0, 0.05) is 5.56 Å². The van der Waals surface area contributed by atoms with Crippen LogP contribution in [0.5, 0.6) is 0 Å². The normalized spacial score (nSPS) is 8.57. The van der Waals surface area contributed by atoms with E-state index in [1.165, 1.54) is 7.11 Å². The highest BCUT2D eigenvalue weighted by molar-refractivity contribution is 5.94. The van der Waals surface area contributed by atoms with Crippen LogP contribution in [0, 0.1) is 6.92 Å². The minimum absolute atomic E-state index is 0.212. The third-order valence-corrected chi connectivity index (χ3v) is 1.58. The van der Waals surface area contributed by atoms with Crippen LogP contribution in [0.3, 0.4) is 0 Å². The van der Waals surface area contributed by atoms with Gasteiger partial charge < -0.3 is 0 Å². The lowest BCUT2D eigenvalue weighted by Crippen LogP contribution is -2.22. The first-order valence-corrected chi connectivity index (χ1v) is 4.64. The van der Waals surface area contributed by atoms with E-state index in [1.807, 2.05) is 39.0 Å². The van der Waals surface area contributed by atoms with Gasteiger partial charge in [0.15, 0.2) is 0 Å². The molecule has 14 heavy (non-hydrogen) atoms. The average molecular weight is 195 g/mol. The zero-order chi connectivity index (χ0) is 11.0. The van der Waals surface area contributed by atoms with Crippen molar-refractivity contribution >= 4 is 5.91 Å². The Balaban J connectivity index is 0.000000791. The fraction of sp³-hybridized carbons (Fsp3) is 0.364. The lowest BCUT2D eigenvalue weighted by Gasteiger charge is -2.03. The van der Waals surface area contributed by atoms with Crippen molar-refractivity contribution in [1.29, 1.82) is 0 Å². The SMILES string of the molecule is CC.CONC(=O)c1ccccc1C. The number of hydrogen-bond donors (Lipinski definition) is 1. The smallest absolute Gasteiger partial charge is 0.275 e. The molecule has 0 unspecified atom stereocenters. The molecule has 1 aromatic carbocycles. The van der Waals surface area contributed by atoms with Crippen molar-refractivity contribution in [3.63, 3.8) is 0 Å². The maximum Gasteiger partial charge on any atom is 0.275 e. The molecular weight excluding hydrogens is 178 g/mol. The predicted molar refractivity (Wildman–Crippen MR) is 57.0 cm³/mol. The zero-order valence-corrected chi connectivity index (χ0v) is 9.13. The third-order valence-electron chi connectivity index (χ3n) is 1.58. The number of aryl methyl sites for hydroxylation is 1. The molecule has 0 aliphatic heterocycles. The molecule has 3 heteroatoms. The van der Waals surface area contributed by atoms with Gasteiger partial charge in [0.2, 0.25) is 0 Å². The summed E-state index contributed by atoms with van der Waals surface area (Å²) in [5, 5.41) is 0. The summed E-state index contributed by atoms with van der Waals surface area (Å²) in [6, 6.07) is 7.34. The van der Waals surface area contributed by atoms with E-state index in [9.17, 15) is 4.79 Å². The fourth-order valence-electron chi connectivity index (χ4n) is 0.975. The zero-order valence-electron chi connectivity index (χ0n) is 9.13. The van der Waals surface area contributed by atoms with E-state index in [2.05, 4.69) is 10.3 Å². The standard InChI is InChI=1S/C9H11NO2.C2H6/c1-7-5-3-4-6-8(7)9(11)10-12-2;1-2/h3-6H,1-2H3,(H,10,11);1-2H3. The molecule has 0 aliphatic carbocycles. The van der Waals surface area contributed by atoms with Gasteiger partial charge in [0.1, 0.15) is 0 Å². The molecule has 0 aromatic heterocycles. The lowest BCUT2D eigenvalue weighted by atomic mass is 10.1. The van der Waals surface area contributed by atoms with Gasteiger partial charge >= 0.3 is 0 Å². The molecule has 0 atom stereocenters. The summed E-state index contributed by atoms with van der Waals surface area (Å²) in [5.41, 5.74) is 3.84. The predicted octanol–water partition coefficient (Wildman–Crippen LogP) is 2.31. The molecule has 0 saturated heterocycles. The highest BCUT2D eigenvalue weighted by Gasteiger charge is 2.05. The van der Waals surface area contributed by atoms with Gasteiger partial charge in [0.05, 0.1) is 7.11 Å². The second-order valence-corrected chi connectivity index (χ2v) is 2.45. The largest absolute Gasteiger partial charge is 0.277 e. The number of hydroxylamine groups is 1. The van der Waals surface area contributed by atoms with Crippen LogP contribution in [0.15, 0.2) is 24.3 Å². The van der Waals surface area contributed by atoms with Crippen LogP contribution < -0.4 is 5.48 Å². The number of hydrogen-bond acceptors (Lipinski definition) is 2. The van der Waals surface area contributed by atoms with Crippen LogP contribution in [0.2, 0.25) is 0 Å². The van der Waals surface area contributed by atoms with Crippen molar-refractivity contribution in [2.75, 3.05) is 7.11 Å². The summed E-state index contributed by atoms with van der Waals surface area (Å²) in [6.45, 7) is 5.88. The molecule has 0 fully saturated rings. The number of carbonyl (C=O) groups excluding carboxylic acids is 1. The van der Waals surface area contributed by atoms with Crippen LogP contribution in [-0.2, 0) is 4.84 Å². The van der Waals surface area contributed by atoms with Crippen molar-refractivity contribution in [1.82, 2.24) is 5.48 Å². The van der Waals surface area contributed by atoms with Crippen molar-refractivity contribution in [2.45, 2.75) is 20.8 Å². The molecular formula is C11H17NO2. The van der Waals surface area contributed by atoms with Crippen molar-refractivity contribution in [2.24, 2.45) is 0 Å². The van der Waals surface area contributed by atoms with E-state index >= 15 is 0 Å². The first kappa shape index (κ1) is 12.7. The fourth-order valence-corrected chi connectivity index (χ4v) is 0.975. The molecule has 78 valence electrons.